The molecule has 0 spiro atoms. The van der Waals surface area contributed by atoms with Gasteiger partial charge in [-0.2, -0.15) is 5.10 Å². The number of carbonyl (C=O) groups is 1. The van der Waals surface area contributed by atoms with Gasteiger partial charge >= 0.3 is 0 Å². The van der Waals surface area contributed by atoms with Crippen molar-refractivity contribution in [2.24, 2.45) is 0 Å². The Labute approximate surface area is 177 Å². The molecule has 0 aliphatic rings. The summed E-state index contributed by atoms with van der Waals surface area (Å²) in [7, 11) is 0. The minimum Gasteiger partial charge on any atom is -0.302 e. The topological polar surface area (TPSA) is 54.3 Å². The van der Waals surface area contributed by atoms with E-state index in [1.807, 2.05) is 18.7 Å². The number of benzene rings is 1. The second-order valence-corrected chi connectivity index (χ2v) is 8.36. The zero-order chi connectivity index (χ0) is 21.0. The Morgan fingerprint density at radius 2 is 1.90 bits per heavy atom. The minimum absolute atomic E-state index is 0.0412. The molecule has 2 heterocycles. The first-order chi connectivity index (χ1) is 14.0. The van der Waals surface area contributed by atoms with Gasteiger partial charge < -0.3 is 4.90 Å². The maximum atomic E-state index is 13.6. The summed E-state index contributed by atoms with van der Waals surface area (Å²) >= 11 is 1.59. The standard InChI is InChI=1S/C22H31N5OS/c1-6-17-10-9-11-19-20(17)24-22(29-19)26(15-14-25(7-2)8-3)21(28)18-12-13-23-27(18)16(4)5/h9-13,16H,6-8,14-15H2,1-5H3. The predicted octanol–water partition coefficient (Wildman–Crippen LogP) is 4.62. The maximum absolute atomic E-state index is 13.6. The number of nitrogens with zero attached hydrogens (tertiary/aromatic N) is 5. The average molecular weight is 414 g/mol. The summed E-state index contributed by atoms with van der Waals surface area (Å²) in [6.45, 7) is 13.8. The fourth-order valence-corrected chi connectivity index (χ4v) is 4.53. The van der Waals surface area contributed by atoms with Gasteiger partial charge in [0, 0.05) is 25.3 Å². The number of aromatic nitrogens is 3. The summed E-state index contributed by atoms with van der Waals surface area (Å²) in [5.74, 6) is -0.0412. The SMILES string of the molecule is CCc1cccc2sc(N(CCN(CC)CC)C(=O)c3ccnn3C(C)C)nc12. The number of fused-ring (bicyclic) bond motifs is 1. The van der Waals surface area contributed by atoms with Crippen LogP contribution in [0.4, 0.5) is 5.13 Å². The lowest BCUT2D eigenvalue weighted by molar-refractivity contribution is 0.0971. The van der Waals surface area contributed by atoms with Crippen LogP contribution in [-0.2, 0) is 6.42 Å². The second kappa shape index (κ2) is 9.50. The van der Waals surface area contributed by atoms with Crippen molar-refractivity contribution in [2.45, 2.75) is 47.1 Å². The molecule has 0 fully saturated rings. The van der Waals surface area contributed by atoms with Crippen LogP contribution in [0.5, 0.6) is 0 Å². The highest BCUT2D eigenvalue weighted by Crippen LogP contribution is 2.32. The van der Waals surface area contributed by atoms with E-state index in [9.17, 15) is 4.79 Å². The van der Waals surface area contributed by atoms with Crippen molar-refractivity contribution in [3.63, 3.8) is 0 Å². The predicted molar refractivity (Wildman–Crippen MR) is 121 cm³/mol. The first kappa shape index (κ1) is 21.5. The number of anilines is 1. The van der Waals surface area contributed by atoms with Crippen LogP contribution >= 0.6 is 11.3 Å². The van der Waals surface area contributed by atoms with Crippen molar-refractivity contribution in [3.8, 4) is 0 Å². The smallest absolute Gasteiger partial charge is 0.278 e. The van der Waals surface area contributed by atoms with Crippen LogP contribution < -0.4 is 4.90 Å². The third-order valence-electron chi connectivity index (χ3n) is 5.26. The summed E-state index contributed by atoms with van der Waals surface area (Å²) < 4.78 is 2.91. The molecule has 29 heavy (non-hydrogen) atoms. The van der Waals surface area contributed by atoms with Gasteiger partial charge in [-0.25, -0.2) is 4.98 Å². The first-order valence-electron chi connectivity index (χ1n) is 10.5. The number of amides is 1. The van der Waals surface area contributed by atoms with E-state index in [2.05, 4.69) is 49.0 Å². The summed E-state index contributed by atoms with van der Waals surface area (Å²) in [5.41, 5.74) is 2.83. The highest BCUT2D eigenvalue weighted by molar-refractivity contribution is 7.22. The van der Waals surface area contributed by atoms with Crippen LogP contribution in [0, 0.1) is 0 Å². The van der Waals surface area contributed by atoms with Crippen molar-refractivity contribution in [3.05, 3.63) is 41.7 Å². The molecule has 0 aliphatic heterocycles. The van der Waals surface area contributed by atoms with Crippen LogP contribution in [0.2, 0.25) is 0 Å². The van der Waals surface area contributed by atoms with Gasteiger partial charge in [0.2, 0.25) is 0 Å². The number of thiazole rings is 1. The second-order valence-electron chi connectivity index (χ2n) is 7.35. The van der Waals surface area contributed by atoms with Crippen molar-refractivity contribution in [1.29, 1.82) is 0 Å². The summed E-state index contributed by atoms with van der Waals surface area (Å²) in [6.07, 6.45) is 2.62. The van der Waals surface area contributed by atoms with E-state index in [0.29, 0.717) is 12.2 Å². The van der Waals surface area contributed by atoms with E-state index in [-0.39, 0.29) is 11.9 Å². The molecule has 0 saturated heterocycles. The molecule has 0 saturated carbocycles. The Kier molecular flexibility index (Phi) is 7.03. The molecule has 156 valence electrons. The van der Waals surface area contributed by atoms with Crippen molar-refractivity contribution < 1.29 is 4.79 Å². The molecule has 0 N–H and O–H groups in total. The Morgan fingerprint density at radius 1 is 1.14 bits per heavy atom. The summed E-state index contributed by atoms with van der Waals surface area (Å²) in [6, 6.07) is 8.19. The van der Waals surface area contributed by atoms with Crippen molar-refractivity contribution >= 4 is 32.6 Å². The number of para-hydroxylation sites is 1. The van der Waals surface area contributed by atoms with E-state index in [4.69, 9.17) is 4.98 Å². The van der Waals surface area contributed by atoms with E-state index < -0.39 is 0 Å². The van der Waals surface area contributed by atoms with Gasteiger partial charge in [-0.15, -0.1) is 0 Å². The van der Waals surface area contributed by atoms with Gasteiger partial charge in [0.15, 0.2) is 5.13 Å². The molecule has 2 aromatic heterocycles. The molecular weight excluding hydrogens is 382 g/mol. The quantitative estimate of drug-likeness (QED) is 0.513. The van der Waals surface area contributed by atoms with Crippen molar-refractivity contribution in [2.75, 3.05) is 31.1 Å². The highest BCUT2D eigenvalue weighted by atomic mass is 32.1. The molecule has 3 rings (SSSR count). The first-order valence-corrected chi connectivity index (χ1v) is 11.3. The summed E-state index contributed by atoms with van der Waals surface area (Å²) in [4.78, 5) is 22.6. The fraction of sp³-hybridized carbons (Fsp3) is 0.500. The number of aryl methyl sites for hydroxylation is 1. The lowest BCUT2D eigenvalue weighted by Crippen LogP contribution is -2.39. The fourth-order valence-electron chi connectivity index (χ4n) is 3.49. The Morgan fingerprint density at radius 3 is 2.55 bits per heavy atom. The molecule has 0 aliphatic carbocycles. The largest absolute Gasteiger partial charge is 0.302 e. The Balaban J connectivity index is 2.01. The molecule has 7 heteroatoms. The van der Waals surface area contributed by atoms with Gasteiger partial charge in [0.25, 0.3) is 5.91 Å². The lowest BCUT2D eigenvalue weighted by Gasteiger charge is -2.25. The Hall–Kier alpha value is -2.25. The van der Waals surface area contributed by atoms with E-state index in [0.717, 1.165) is 41.4 Å². The van der Waals surface area contributed by atoms with Gasteiger partial charge in [0.05, 0.1) is 10.2 Å². The number of hydrogen-bond acceptors (Lipinski definition) is 5. The molecule has 1 aromatic carbocycles. The molecule has 0 radical (unpaired) electrons. The van der Waals surface area contributed by atoms with Gasteiger partial charge in [-0.05, 0) is 51.1 Å². The highest BCUT2D eigenvalue weighted by Gasteiger charge is 2.25. The number of carbonyl (C=O) groups excluding carboxylic acids is 1. The molecule has 3 aromatic rings. The average Bonchev–Trinajstić information content (AvgIpc) is 3.37. The van der Waals surface area contributed by atoms with Crippen LogP contribution in [0.1, 0.15) is 56.7 Å². The van der Waals surface area contributed by atoms with E-state index >= 15 is 0 Å². The molecule has 6 nitrogen and oxygen atoms in total. The normalized spacial score (nSPS) is 11.7. The summed E-state index contributed by atoms with van der Waals surface area (Å²) in [5, 5.41) is 5.11. The van der Waals surface area contributed by atoms with Crippen LogP contribution in [0.25, 0.3) is 10.2 Å². The van der Waals surface area contributed by atoms with Crippen molar-refractivity contribution in [1.82, 2.24) is 19.7 Å². The number of hydrogen-bond donors (Lipinski definition) is 0. The number of likely N-dealkylation sites (N-methyl/N-ethyl adjacent to an activating group) is 1. The molecule has 0 bridgehead atoms. The minimum atomic E-state index is -0.0412. The maximum Gasteiger partial charge on any atom is 0.278 e. The molecule has 0 unspecified atom stereocenters. The third-order valence-corrected chi connectivity index (χ3v) is 6.30. The van der Waals surface area contributed by atoms with Crippen LogP contribution in [0.15, 0.2) is 30.5 Å². The zero-order valence-corrected chi connectivity index (χ0v) is 18.9. The molecular formula is C22H31N5OS. The zero-order valence-electron chi connectivity index (χ0n) is 18.1. The van der Waals surface area contributed by atoms with E-state index in [1.54, 1.807) is 28.3 Å². The molecule has 0 atom stereocenters. The van der Waals surface area contributed by atoms with Crippen LogP contribution in [-0.4, -0.2) is 51.8 Å². The van der Waals surface area contributed by atoms with Gasteiger partial charge in [-0.3, -0.25) is 14.4 Å². The van der Waals surface area contributed by atoms with Gasteiger partial charge in [0.1, 0.15) is 5.69 Å². The third kappa shape index (κ3) is 4.51. The van der Waals surface area contributed by atoms with Crippen LogP contribution in [0.3, 0.4) is 0 Å². The monoisotopic (exact) mass is 413 g/mol. The van der Waals surface area contributed by atoms with E-state index in [1.165, 1.54) is 5.56 Å². The van der Waals surface area contributed by atoms with Gasteiger partial charge in [-0.1, -0.05) is 44.2 Å². The Bertz CT molecular complexity index is 957. The number of rotatable bonds is 9. The molecule has 1 amide bonds. The lowest BCUT2D eigenvalue weighted by atomic mass is 10.1.